The average molecular weight is 1020 g/mol. The van der Waals surface area contributed by atoms with E-state index in [1.165, 1.54) is 9.36 Å². The third kappa shape index (κ3) is 9.34. The van der Waals surface area contributed by atoms with Gasteiger partial charge in [-0.25, -0.2) is 19.3 Å². The maximum absolute atomic E-state index is 13.9. The van der Waals surface area contributed by atoms with E-state index in [1.807, 2.05) is 113 Å². The summed E-state index contributed by atoms with van der Waals surface area (Å²) in [6, 6.07) is 26.4. The van der Waals surface area contributed by atoms with Crippen molar-refractivity contribution in [2.45, 2.75) is 67.2 Å². The first-order chi connectivity index (χ1) is 33.6. The first-order valence-corrected chi connectivity index (χ1v) is 23.2. The van der Waals surface area contributed by atoms with Gasteiger partial charge in [-0.1, -0.05) is 103 Å². The molecule has 0 spiro atoms. The zero-order chi connectivity index (χ0) is 49.7. The standard InChI is InChI=1S/C56H56N10O4.ClH.Fe/c1-11-39-31(3)43-27-44-33(5)41(23-25-51(67)61-53-35(7)63(9)65(55(53)69)37-19-15-13-16-20-37)49(59-44)30-50-42(34(6)46(60-50)29-48-40(12-2)32(4)45(58-48)28-47(39)57-43)24-26-52(68)62-54-36(8)64(10)66(56(54)70)38-21-17-14-18-22-38;;/h11-22,27-30H,1-2,23-26H2,3-10H3,(H4,57,58,59,60,61,62,67,68);1H;/q;;+3/p-3. The Morgan fingerprint density at radius 1 is 0.597 bits per heavy atom. The molecule has 0 aliphatic carbocycles. The van der Waals surface area contributed by atoms with Crippen LogP contribution in [0.1, 0.15) is 89.5 Å². The number of aromatic nitrogens is 8. The summed E-state index contributed by atoms with van der Waals surface area (Å²) in [5, 5.41) is 5.84. The van der Waals surface area contributed by atoms with Crippen molar-refractivity contribution in [1.29, 1.82) is 0 Å². The number of hydrogen-bond donors (Lipinski definition) is 2. The number of rotatable bonds is 12. The van der Waals surface area contributed by atoms with Crippen molar-refractivity contribution in [3.63, 3.8) is 0 Å². The molecular weight excluding hydrogens is 968 g/mol. The molecule has 1 radical (unpaired) electrons. The quantitative estimate of drug-likeness (QED) is 0.132. The van der Waals surface area contributed by atoms with Gasteiger partial charge in [-0.2, -0.15) is 0 Å². The second-order valence-electron chi connectivity index (χ2n) is 17.8. The minimum Gasteiger partial charge on any atom is -1.00 e. The van der Waals surface area contributed by atoms with Gasteiger partial charge in [-0.05, 0) is 101 Å². The number of hydrogen-bond acceptors (Lipinski definition) is 6. The minimum absolute atomic E-state index is 0. The number of para-hydroxylation sites is 2. The Bertz CT molecular complexity index is 3710. The molecule has 72 heavy (non-hydrogen) atoms. The third-order valence-corrected chi connectivity index (χ3v) is 13.7. The molecule has 9 rings (SSSR count). The molecular formula is C56H54ClFeN10O4. The summed E-state index contributed by atoms with van der Waals surface area (Å²) >= 11 is 0. The van der Waals surface area contributed by atoms with Crippen molar-refractivity contribution in [3.8, 4) is 11.4 Å². The number of nitrogens with zero attached hydrogens (tertiary/aromatic N) is 8. The van der Waals surface area contributed by atoms with Crippen molar-refractivity contribution >= 4 is 73.6 Å². The van der Waals surface area contributed by atoms with Crippen LogP contribution < -0.4 is 44.1 Å². The van der Waals surface area contributed by atoms with Gasteiger partial charge in [-0.15, -0.1) is 22.1 Å². The molecule has 2 amide bonds. The van der Waals surface area contributed by atoms with Crippen molar-refractivity contribution in [1.82, 2.24) is 38.7 Å². The van der Waals surface area contributed by atoms with Crippen LogP contribution in [0.25, 0.3) is 61.8 Å². The van der Waals surface area contributed by atoms with Gasteiger partial charge >= 0.3 is 17.1 Å². The second-order valence-corrected chi connectivity index (χ2v) is 17.8. The summed E-state index contributed by atoms with van der Waals surface area (Å²) in [7, 11) is 3.57. The molecule has 2 aliphatic heterocycles. The van der Waals surface area contributed by atoms with Crippen LogP contribution >= 0.6 is 0 Å². The van der Waals surface area contributed by atoms with Crippen molar-refractivity contribution in [3.05, 3.63) is 181 Å². The summed E-state index contributed by atoms with van der Waals surface area (Å²) in [5.41, 5.74) is 14.8. The summed E-state index contributed by atoms with van der Waals surface area (Å²) in [6.45, 7) is 19.8. The second kappa shape index (κ2) is 20.9. The molecule has 16 heteroatoms. The summed E-state index contributed by atoms with van der Waals surface area (Å²) in [6.07, 6.45) is 4.29. The summed E-state index contributed by atoms with van der Waals surface area (Å²) in [5.74, 6) is -0.648. The Morgan fingerprint density at radius 2 is 1.06 bits per heavy atom. The van der Waals surface area contributed by atoms with Crippen LogP contribution in [0, 0.1) is 27.7 Å². The van der Waals surface area contributed by atoms with Gasteiger partial charge in [0.05, 0.1) is 45.5 Å². The number of aryl methyl sites for hydroxylation is 3. The Kier molecular flexibility index (Phi) is 15.2. The van der Waals surface area contributed by atoms with Crippen LogP contribution in [-0.2, 0) is 47.2 Å². The van der Waals surface area contributed by atoms with E-state index >= 15 is 0 Å². The molecule has 0 saturated carbocycles. The van der Waals surface area contributed by atoms with Gasteiger partial charge in [-0.3, -0.25) is 28.5 Å². The molecule has 7 heterocycles. The van der Waals surface area contributed by atoms with Crippen LogP contribution in [0.15, 0.2) is 114 Å². The zero-order valence-electron chi connectivity index (χ0n) is 41.4. The fourth-order valence-corrected chi connectivity index (χ4v) is 9.45. The van der Waals surface area contributed by atoms with E-state index < -0.39 is 0 Å². The molecule has 14 nitrogen and oxygen atoms in total. The Labute approximate surface area is 433 Å². The first-order valence-electron chi connectivity index (χ1n) is 23.2. The van der Waals surface area contributed by atoms with Crippen LogP contribution in [0.3, 0.4) is 0 Å². The molecule has 7 aromatic rings. The van der Waals surface area contributed by atoms with Crippen LogP contribution in [0.2, 0.25) is 0 Å². The molecule has 367 valence electrons. The predicted molar refractivity (Wildman–Crippen MR) is 280 cm³/mol. The van der Waals surface area contributed by atoms with E-state index in [9.17, 15) is 19.2 Å². The van der Waals surface area contributed by atoms with E-state index in [1.54, 1.807) is 49.5 Å². The van der Waals surface area contributed by atoms with Gasteiger partial charge in [0.2, 0.25) is 11.8 Å². The van der Waals surface area contributed by atoms with E-state index in [0.717, 1.165) is 61.3 Å². The van der Waals surface area contributed by atoms with Gasteiger partial charge in [0.1, 0.15) is 11.4 Å². The largest absolute Gasteiger partial charge is 3.00 e. The molecule has 0 unspecified atom stereocenters. The van der Waals surface area contributed by atoms with Crippen LogP contribution in [0.4, 0.5) is 11.4 Å². The van der Waals surface area contributed by atoms with Gasteiger partial charge in [0, 0.05) is 32.5 Å². The normalized spacial score (nSPS) is 12.1. The van der Waals surface area contributed by atoms with Gasteiger partial charge < -0.3 is 33.0 Å². The molecule has 2 aromatic carbocycles. The summed E-state index contributed by atoms with van der Waals surface area (Å²) < 4.78 is 6.53. The number of fused-ring (bicyclic) bond motifs is 8. The Hall–Kier alpha value is -7.71. The number of carbonyl (C=O) groups is 2. The Morgan fingerprint density at radius 3 is 1.60 bits per heavy atom. The zero-order valence-corrected chi connectivity index (χ0v) is 43.3. The number of nitrogens with one attached hydrogen (secondary N) is 2. The number of carbonyl (C=O) groups excluding carboxylic acids is 2. The van der Waals surface area contributed by atoms with Gasteiger partial charge in [0.15, 0.2) is 0 Å². The fraction of sp³-hybridized carbons (Fsp3) is 0.214. The van der Waals surface area contributed by atoms with Crippen molar-refractivity contribution in [2.24, 2.45) is 14.1 Å². The fourth-order valence-electron chi connectivity index (χ4n) is 9.45. The minimum atomic E-state index is -0.327. The van der Waals surface area contributed by atoms with Crippen molar-refractivity contribution < 1.29 is 39.1 Å². The maximum atomic E-state index is 13.9. The topological polar surface area (TPSA) is 166 Å². The summed E-state index contributed by atoms with van der Waals surface area (Å²) in [4.78, 5) is 75.8. The van der Waals surface area contributed by atoms with E-state index in [0.29, 0.717) is 63.7 Å². The molecule has 0 saturated heterocycles. The molecule has 2 N–H and O–H groups in total. The first kappa shape index (κ1) is 52.1. The number of allylic oxidation sites excluding steroid dienone is 5. The third-order valence-electron chi connectivity index (χ3n) is 13.7. The number of amides is 2. The molecule has 2 aliphatic rings. The van der Waals surface area contributed by atoms with Crippen molar-refractivity contribution in [2.75, 3.05) is 10.6 Å². The molecule has 8 bridgehead atoms. The molecule has 0 fully saturated rings. The Balaban J connectivity index is 0.00000380. The van der Waals surface area contributed by atoms with E-state index in [2.05, 4.69) is 23.8 Å². The maximum Gasteiger partial charge on any atom is 3.00 e. The number of anilines is 2. The van der Waals surface area contributed by atoms with E-state index in [4.69, 9.17) is 19.9 Å². The van der Waals surface area contributed by atoms with Crippen LogP contribution in [0.5, 0.6) is 0 Å². The smallest absolute Gasteiger partial charge is 1.00 e. The SMILES string of the molecule is C=CC1=C(C)c2cc3[n-]c(cc4nc(cc5[n-]c(cc1n2)c(C)c5CCC(=O)Nc1c(C)n(C)n(-c2ccccc2)c1=O)C(CCC(=O)Nc1c(C)n(C)n(-c2ccccc2)c1=O)=C4C)c(C)c3C=C.[Cl-].[Fe+3]. The van der Waals surface area contributed by atoms with E-state index in [-0.39, 0.29) is 76.6 Å². The number of benzene rings is 2. The number of halogens is 1. The molecule has 5 aromatic heterocycles. The van der Waals surface area contributed by atoms with Crippen LogP contribution in [-0.4, -0.2) is 40.5 Å². The monoisotopic (exact) mass is 1020 g/mol. The molecule has 0 atom stereocenters. The van der Waals surface area contributed by atoms with Gasteiger partial charge in [0.25, 0.3) is 11.1 Å². The predicted octanol–water partition coefficient (Wildman–Crippen LogP) is 6.47. The average Bonchev–Trinajstić information content (AvgIpc) is 4.10.